The number of ether oxygens (including phenoxy) is 1. The van der Waals surface area contributed by atoms with Crippen molar-refractivity contribution in [2.75, 3.05) is 13.7 Å². The van der Waals surface area contributed by atoms with E-state index in [1.807, 2.05) is 36.5 Å². The Morgan fingerprint density at radius 1 is 1.07 bits per heavy atom. The number of para-hydroxylation sites is 1. The molecular weight excluding hydrogens is 384 g/mol. The SMILES string of the molecule is COc1ccc(C(=O)NC[C@H](c2ccccc2)c2c[nH]c3ccccc23)cc1Cl. The van der Waals surface area contributed by atoms with E-state index in [9.17, 15) is 4.79 Å². The highest BCUT2D eigenvalue weighted by molar-refractivity contribution is 6.32. The maximum absolute atomic E-state index is 12.7. The first-order chi connectivity index (χ1) is 14.2. The number of H-pyrrole nitrogens is 1. The molecule has 0 unspecified atom stereocenters. The minimum atomic E-state index is -0.171. The molecule has 4 aromatic rings. The number of halogens is 1. The molecule has 5 heteroatoms. The number of rotatable bonds is 6. The van der Waals surface area contributed by atoms with Crippen molar-refractivity contribution in [2.45, 2.75) is 5.92 Å². The van der Waals surface area contributed by atoms with Gasteiger partial charge in [-0.05, 0) is 35.4 Å². The number of benzene rings is 3. The molecule has 0 saturated heterocycles. The smallest absolute Gasteiger partial charge is 0.251 e. The lowest BCUT2D eigenvalue weighted by Crippen LogP contribution is -2.28. The molecule has 1 atom stereocenters. The van der Waals surface area contributed by atoms with Crippen molar-refractivity contribution in [2.24, 2.45) is 0 Å². The van der Waals surface area contributed by atoms with E-state index in [4.69, 9.17) is 16.3 Å². The van der Waals surface area contributed by atoms with Gasteiger partial charge >= 0.3 is 0 Å². The van der Waals surface area contributed by atoms with Gasteiger partial charge < -0.3 is 15.0 Å². The summed E-state index contributed by atoms with van der Waals surface area (Å²) in [4.78, 5) is 16.1. The van der Waals surface area contributed by atoms with Gasteiger partial charge in [-0.3, -0.25) is 4.79 Å². The first-order valence-electron chi connectivity index (χ1n) is 9.40. The number of aromatic amines is 1. The Labute approximate surface area is 174 Å². The van der Waals surface area contributed by atoms with E-state index in [0.717, 1.165) is 22.0 Å². The lowest BCUT2D eigenvalue weighted by Gasteiger charge is -2.18. The number of carbonyl (C=O) groups excluding carboxylic acids is 1. The van der Waals surface area contributed by atoms with E-state index in [2.05, 4.69) is 34.6 Å². The second-order valence-electron chi connectivity index (χ2n) is 6.81. The molecule has 0 fully saturated rings. The predicted molar refractivity (Wildman–Crippen MR) is 117 cm³/mol. The zero-order valence-electron chi connectivity index (χ0n) is 16.0. The fourth-order valence-electron chi connectivity index (χ4n) is 3.58. The summed E-state index contributed by atoms with van der Waals surface area (Å²) in [6.07, 6.45) is 2.03. The summed E-state index contributed by atoms with van der Waals surface area (Å²) in [6.45, 7) is 0.467. The summed E-state index contributed by atoms with van der Waals surface area (Å²) in [6, 6.07) is 23.4. The average Bonchev–Trinajstić information content (AvgIpc) is 3.18. The molecule has 0 aliphatic heterocycles. The molecule has 29 heavy (non-hydrogen) atoms. The number of hydrogen-bond donors (Lipinski definition) is 2. The van der Waals surface area contributed by atoms with Crippen LogP contribution in [0.4, 0.5) is 0 Å². The first-order valence-corrected chi connectivity index (χ1v) is 9.78. The van der Waals surface area contributed by atoms with Crippen LogP contribution in [0.3, 0.4) is 0 Å². The Balaban J connectivity index is 1.61. The van der Waals surface area contributed by atoms with Gasteiger partial charge in [0.15, 0.2) is 0 Å². The van der Waals surface area contributed by atoms with Crippen LogP contribution in [0.15, 0.2) is 79.0 Å². The summed E-state index contributed by atoms with van der Waals surface area (Å²) >= 11 is 6.17. The standard InChI is InChI=1S/C24H21ClN2O2/c1-29-23-12-11-17(13-21(23)25)24(28)27-14-19(16-7-3-2-4-8-16)20-15-26-22-10-6-5-9-18(20)22/h2-13,15,19,26H,14H2,1H3,(H,27,28)/t19-/m1/s1. The largest absolute Gasteiger partial charge is 0.495 e. The fraction of sp³-hybridized carbons (Fsp3) is 0.125. The molecule has 4 rings (SSSR count). The highest BCUT2D eigenvalue weighted by Crippen LogP contribution is 2.30. The van der Waals surface area contributed by atoms with Crippen LogP contribution in [0.1, 0.15) is 27.4 Å². The molecule has 4 nitrogen and oxygen atoms in total. The first kappa shape index (κ1) is 19.1. The van der Waals surface area contributed by atoms with Gasteiger partial charge in [0, 0.05) is 35.1 Å². The quantitative estimate of drug-likeness (QED) is 0.452. The molecule has 2 N–H and O–H groups in total. The van der Waals surface area contributed by atoms with Crippen molar-refractivity contribution in [3.63, 3.8) is 0 Å². The highest BCUT2D eigenvalue weighted by atomic mass is 35.5. The summed E-state index contributed by atoms with van der Waals surface area (Å²) in [5.74, 6) is 0.393. The maximum Gasteiger partial charge on any atom is 0.251 e. The van der Waals surface area contributed by atoms with Gasteiger partial charge in [0.05, 0.1) is 12.1 Å². The van der Waals surface area contributed by atoms with Crippen LogP contribution in [-0.2, 0) is 0 Å². The Hall–Kier alpha value is -3.24. The second-order valence-corrected chi connectivity index (χ2v) is 7.22. The third kappa shape index (κ3) is 3.98. The van der Waals surface area contributed by atoms with Crippen molar-refractivity contribution < 1.29 is 9.53 Å². The molecule has 146 valence electrons. The van der Waals surface area contributed by atoms with Gasteiger partial charge in [-0.15, -0.1) is 0 Å². The Morgan fingerprint density at radius 2 is 1.83 bits per heavy atom. The van der Waals surface area contributed by atoms with Gasteiger partial charge in [-0.2, -0.15) is 0 Å². The summed E-state index contributed by atoms with van der Waals surface area (Å²) < 4.78 is 5.16. The van der Waals surface area contributed by atoms with Gasteiger partial charge in [-0.1, -0.05) is 60.1 Å². The molecule has 0 spiro atoms. The Kier molecular flexibility index (Phi) is 5.54. The molecule has 0 aliphatic carbocycles. The molecule has 0 radical (unpaired) electrons. The third-order valence-electron chi connectivity index (χ3n) is 5.08. The topological polar surface area (TPSA) is 54.1 Å². The molecule has 1 heterocycles. The minimum Gasteiger partial charge on any atom is -0.495 e. The molecule has 0 bridgehead atoms. The number of fused-ring (bicyclic) bond motifs is 1. The number of amides is 1. The van der Waals surface area contributed by atoms with Crippen molar-refractivity contribution in [1.29, 1.82) is 0 Å². The minimum absolute atomic E-state index is 0.0185. The number of aromatic nitrogens is 1. The van der Waals surface area contributed by atoms with E-state index in [1.165, 1.54) is 0 Å². The molecule has 0 aliphatic rings. The zero-order chi connectivity index (χ0) is 20.2. The van der Waals surface area contributed by atoms with Gasteiger partial charge in [0.1, 0.15) is 5.75 Å². The fourth-order valence-corrected chi connectivity index (χ4v) is 3.84. The van der Waals surface area contributed by atoms with Gasteiger partial charge in [0.25, 0.3) is 5.91 Å². The van der Waals surface area contributed by atoms with Gasteiger partial charge in [0.2, 0.25) is 0 Å². The van der Waals surface area contributed by atoms with E-state index in [-0.39, 0.29) is 11.8 Å². The van der Waals surface area contributed by atoms with Crippen LogP contribution in [-0.4, -0.2) is 24.5 Å². The van der Waals surface area contributed by atoms with E-state index in [1.54, 1.807) is 25.3 Å². The number of methoxy groups -OCH3 is 1. The van der Waals surface area contributed by atoms with Crippen molar-refractivity contribution >= 4 is 28.4 Å². The van der Waals surface area contributed by atoms with Crippen LogP contribution in [0.25, 0.3) is 10.9 Å². The third-order valence-corrected chi connectivity index (χ3v) is 5.37. The zero-order valence-corrected chi connectivity index (χ0v) is 16.7. The van der Waals surface area contributed by atoms with Gasteiger partial charge in [-0.25, -0.2) is 0 Å². The average molecular weight is 405 g/mol. The van der Waals surface area contributed by atoms with Crippen LogP contribution in [0.5, 0.6) is 5.75 Å². The van der Waals surface area contributed by atoms with Crippen LogP contribution in [0.2, 0.25) is 5.02 Å². The predicted octanol–water partition coefficient (Wildman–Crippen LogP) is 5.39. The van der Waals surface area contributed by atoms with E-state index >= 15 is 0 Å². The lowest BCUT2D eigenvalue weighted by atomic mass is 9.91. The second kappa shape index (κ2) is 8.41. The van der Waals surface area contributed by atoms with Crippen molar-refractivity contribution in [1.82, 2.24) is 10.3 Å². The van der Waals surface area contributed by atoms with Crippen LogP contribution in [0, 0.1) is 0 Å². The lowest BCUT2D eigenvalue weighted by molar-refractivity contribution is 0.0952. The van der Waals surface area contributed by atoms with Crippen LogP contribution < -0.4 is 10.1 Å². The molecule has 1 amide bonds. The normalized spacial score (nSPS) is 11.9. The molecule has 0 saturated carbocycles. The molecule has 3 aromatic carbocycles. The highest BCUT2D eigenvalue weighted by Gasteiger charge is 2.19. The number of hydrogen-bond acceptors (Lipinski definition) is 2. The van der Waals surface area contributed by atoms with E-state index in [0.29, 0.717) is 22.9 Å². The summed E-state index contributed by atoms with van der Waals surface area (Å²) in [7, 11) is 1.55. The Bertz CT molecular complexity index is 1140. The molecular formula is C24H21ClN2O2. The van der Waals surface area contributed by atoms with Crippen LogP contribution >= 0.6 is 11.6 Å². The van der Waals surface area contributed by atoms with E-state index < -0.39 is 0 Å². The van der Waals surface area contributed by atoms with Crippen molar-refractivity contribution in [3.8, 4) is 5.75 Å². The molecule has 1 aromatic heterocycles. The number of nitrogens with one attached hydrogen (secondary N) is 2. The summed E-state index contributed by atoms with van der Waals surface area (Å²) in [5, 5.41) is 4.63. The maximum atomic E-state index is 12.7. The van der Waals surface area contributed by atoms with Crippen molar-refractivity contribution in [3.05, 3.63) is 101 Å². The Morgan fingerprint density at radius 3 is 2.59 bits per heavy atom. The summed E-state index contributed by atoms with van der Waals surface area (Å²) in [5.41, 5.74) is 3.88. The number of carbonyl (C=O) groups is 1. The monoisotopic (exact) mass is 404 g/mol.